The van der Waals surface area contributed by atoms with E-state index < -0.39 is 0 Å². The Morgan fingerprint density at radius 3 is 2.90 bits per heavy atom. The molecule has 0 amide bonds. The van der Waals surface area contributed by atoms with Gasteiger partial charge < -0.3 is 14.8 Å². The van der Waals surface area contributed by atoms with Crippen molar-refractivity contribution in [1.29, 1.82) is 0 Å². The van der Waals surface area contributed by atoms with E-state index in [1.807, 2.05) is 6.07 Å². The van der Waals surface area contributed by atoms with Gasteiger partial charge in [0.05, 0.1) is 18.3 Å². The second-order valence-electron chi connectivity index (χ2n) is 5.62. The van der Waals surface area contributed by atoms with Gasteiger partial charge in [-0.2, -0.15) is 0 Å². The number of carbonyl (C=O) groups is 1. The summed E-state index contributed by atoms with van der Waals surface area (Å²) in [7, 11) is 1.37. The van der Waals surface area contributed by atoms with Gasteiger partial charge in [0.25, 0.3) is 0 Å². The van der Waals surface area contributed by atoms with E-state index in [9.17, 15) is 4.79 Å². The number of nitrogens with one attached hydrogen (secondary N) is 1. The lowest BCUT2D eigenvalue weighted by atomic mass is 9.93. The van der Waals surface area contributed by atoms with Gasteiger partial charge in [0, 0.05) is 23.4 Å². The van der Waals surface area contributed by atoms with Crippen molar-refractivity contribution in [3.8, 4) is 0 Å². The van der Waals surface area contributed by atoms with E-state index >= 15 is 0 Å². The fourth-order valence-corrected chi connectivity index (χ4v) is 2.67. The van der Waals surface area contributed by atoms with Crippen molar-refractivity contribution in [2.24, 2.45) is 0 Å². The Morgan fingerprint density at radius 2 is 2.25 bits per heavy atom. The second-order valence-corrected chi connectivity index (χ2v) is 6.06. The molecule has 1 atom stereocenters. The summed E-state index contributed by atoms with van der Waals surface area (Å²) in [6.45, 7) is 4.86. The minimum Gasteiger partial charge on any atom is -0.465 e. The molecule has 20 heavy (non-hydrogen) atoms. The SMILES string of the molecule is COC(=O)c1cc(Cl)ccc1NC1CCOC(C)(C)C1. The summed E-state index contributed by atoms with van der Waals surface area (Å²) in [5, 5.41) is 3.92. The third-order valence-corrected chi connectivity index (χ3v) is 3.68. The van der Waals surface area contributed by atoms with Crippen LogP contribution in [0.2, 0.25) is 5.02 Å². The number of anilines is 1. The zero-order chi connectivity index (χ0) is 14.8. The van der Waals surface area contributed by atoms with E-state index in [2.05, 4.69) is 19.2 Å². The number of rotatable bonds is 3. The largest absolute Gasteiger partial charge is 0.465 e. The molecule has 1 aromatic rings. The van der Waals surface area contributed by atoms with E-state index in [1.165, 1.54) is 7.11 Å². The van der Waals surface area contributed by atoms with Gasteiger partial charge in [0.1, 0.15) is 0 Å². The molecule has 1 aliphatic heterocycles. The average molecular weight is 298 g/mol. The van der Waals surface area contributed by atoms with Gasteiger partial charge in [-0.15, -0.1) is 0 Å². The van der Waals surface area contributed by atoms with Crippen LogP contribution in [0.25, 0.3) is 0 Å². The standard InChI is InChI=1S/C15H20ClNO3/c1-15(2)9-11(6-7-20-15)17-13-5-4-10(16)8-12(13)14(18)19-3/h4-5,8,11,17H,6-7,9H2,1-3H3. The molecule has 1 unspecified atom stereocenters. The molecule has 0 bridgehead atoms. The van der Waals surface area contributed by atoms with Gasteiger partial charge in [-0.05, 0) is 44.9 Å². The molecule has 0 aliphatic carbocycles. The van der Waals surface area contributed by atoms with Crippen molar-refractivity contribution < 1.29 is 14.3 Å². The number of hydrogen-bond donors (Lipinski definition) is 1. The van der Waals surface area contributed by atoms with Gasteiger partial charge in [0.2, 0.25) is 0 Å². The van der Waals surface area contributed by atoms with Crippen molar-refractivity contribution in [3.05, 3.63) is 28.8 Å². The Labute approximate surface area is 124 Å². The monoisotopic (exact) mass is 297 g/mol. The van der Waals surface area contributed by atoms with Crippen LogP contribution >= 0.6 is 11.6 Å². The summed E-state index contributed by atoms with van der Waals surface area (Å²) < 4.78 is 10.5. The van der Waals surface area contributed by atoms with E-state index in [4.69, 9.17) is 21.1 Å². The zero-order valence-electron chi connectivity index (χ0n) is 12.0. The first kappa shape index (κ1) is 15.1. The Kier molecular flexibility index (Phi) is 4.55. The predicted molar refractivity (Wildman–Crippen MR) is 79.5 cm³/mol. The van der Waals surface area contributed by atoms with E-state index in [0.29, 0.717) is 17.2 Å². The quantitative estimate of drug-likeness (QED) is 0.868. The van der Waals surface area contributed by atoms with Crippen LogP contribution in [-0.4, -0.2) is 31.3 Å². The molecular weight excluding hydrogens is 278 g/mol. The molecule has 1 saturated heterocycles. The Hall–Kier alpha value is -1.26. The molecule has 0 saturated carbocycles. The maximum absolute atomic E-state index is 11.8. The van der Waals surface area contributed by atoms with Crippen molar-refractivity contribution in [2.45, 2.75) is 38.3 Å². The summed E-state index contributed by atoms with van der Waals surface area (Å²) in [6.07, 6.45) is 1.79. The number of methoxy groups -OCH3 is 1. The Bertz CT molecular complexity index is 502. The van der Waals surface area contributed by atoms with Crippen LogP contribution in [0.1, 0.15) is 37.0 Å². The maximum Gasteiger partial charge on any atom is 0.340 e. The molecule has 0 spiro atoms. The second kappa shape index (κ2) is 6.02. The number of carbonyl (C=O) groups excluding carboxylic acids is 1. The summed E-state index contributed by atoms with van der Waals surface area (Å²) in [5.41, 5.74) is 1.07. The molecule has 2 rings (SSSR count). The summed E-state index contributed by atoms with van der Waals surface area (Å²) in [5.74, 6) is -0.388. The summed E-state index contributed by atoms with van der Waals surface area (Å²) in [6, 6.07) is 5.47. The fourth-order valence-electron chi connectivity index (χ4n) is 2.50. The third kappa shape index (κ3) is 3.64. The molecular formula is C15H20ClNO3. The Balaban J connectivity index is 2.18. The summed E-state index contributed by atoms with van der Waals surface area (Å²) >= 11 is 5.95. The van der Waals surface area contributed by atoms with Crippen LogP contribution in [0.3, 0.4) is 0 Å². The minimum absolute atomic E-state index is 0.145. The van der Waals surface area contributed by atoms with Crippen LogP contribution < -0.4 is 5.32 Å². The molecule has 1 aromatic carbocycles. The first-order valence-electron chi connectivity index (χ1n) is 6.70. The van der Waals surface area contributed by atoms with Crippen LogP contribution in [-0.2, 0) is 9.47 Å². The highest BCUT2D eigenvalue weighted by atomic mass is 35.5. The van der Waals surface area contributed by atoms with Crippen molar-refractivity contribution in [3.63, 3.8) is 0 Å². The molecule has 1 aliphatic rings. The predicted octanol–water partition coefficient (Wildman–Crippen LogP) is 3.50. The number of benzene rings is 1. The first-order chi connectivity index (χ1) is 9.41. The zero-order valence-corrected chi connectivity index (χ0v) is 12.8. The molecule has 110 valence electrons. The smallest absolute Gasteiger partial charge is 0.340 e. The minimum atomic E-state index is -0.388. The summed E-state index contributed by atoms with van der Waals surface area (Å²) in [4.78, 5) is 11.8. The average Bonchev–Trinajstić information content (AvgIpc) is 2.39. The number of hydrogen-bond acceptors (Lipinski definition) is 4. The molecule has 0 radical (unpaired) electrons. The van der Waals surface area contributed by atoms with Crippen LogP contribution in [0.4, 0.5) is 5.69 Å². The Morgan fingerprint density at radius 1 is 1.50 bits per heavy atom. The molecule has 1 N–H and O–H groups in total. The fraction of sp³-hybridized carbons (Fsp3) is 0.533. The normalized spacial score (nSPS) is 21.3. The highest BCUT2D eigenvalue weighted by Crippen LogP contribution is 2.28. The van der Waals surface area contributed by atoms with Gasteiger partial charge in [-0.3, -0.25) is 0 Å². The third-order valence-electron chi connectivity index (χ3n) is 3.44. The van der Waals surface area contributed by atoms with E-state index in [0.717, 1.165) is 18.5 Å². The lowest BCUT2D eigenvalue weighted by molar-refractivity contribution is -0.0553. The number of ether oxygens (including phenoxy) is 2. The molecule has 1 fully saturated rings. The highest BCUT2D eigenvalue weighted by molar-refractivity contribution is 6.31. The van der Waals surface area contributed by atoms with Crippen LogP contribution in [0.5, 0.6) is 0 Å². The lowest BCUT2D eigenvalue weighted by Crippen LogP contribution is -2.40. The molecule has 5 heteroatoms. The van der Waals surface area contributed by atoms with Crippen LogP contribution in [0.15, 0.2) is 18.2 Å². The van der Waals surface area contributed by atoms with Crippen molar-refractivity contribution in [1.82, 2.24) is 0 Å². The van der Waals surface area contributed by atoms with Crippen LogP contribution in [0, 0.1) is 0 Å². The van der Waals surface area contributed by atoms with Crippen molar-refractivity contribution in [2.75, 3.05) is 19.0 Å². The first-order valence-corrected chi connectivity index (χ1v) is 7.07. The lowest BCUT2D eigenvalue weighted by Gasteiger charge is -2.36. The number of halogens is 1. The van der Waals surface area contributed by atoms with E-state index in [-0.39, 0.29) is 17.6 Å². The molecule has 0 aromatic heterocycles. The van der Waals surface area contributed by atoms with Gasteiger partial charge in [-0.25, -0.2) is 4.79 Å². The maximum atomic E-state index is 11.8. The highest BCUT2D eigenvalue weighted by Gasteiger charge is 2.29. The topological polar surface area (TPSA) is 47.6 Å². The molecule has 1 heterocycles. The van der Waals surface area contributed by atoms with Crippen molar-refractivity contribution >= 4 is 23.3 Å². The molecule has 4 nitrogen and oxygen atoms in total. The van der Waals surface area contributed by atoms with E-state index in [1.54, 1.807) is 12.1 Å². The van der Waals surface area contributed by atoms with Gasteiger partial charge in [0.15, 0.2) is 0 Å². The number of esters is 1. The van der Waals surface area contributed by atoms with Gasteiger partial charge in [-0.1, -0.05) is 11.6 Å². The van der Waals surface area contributed by atoms with Gasteiger partial charge >= 0.3 is 5.97 Å².